The monoisotopic (exact) mass is 430 g/mol. The van der Waals surface area contributed by atoms with Crippen molar-refractivity contribution in [1.29, 1.82) is 0 Å². The molecule has 1 fully saturated rings. The molecule has 1 aliphatic rings. The van der Waals surface area contributed by atoms with Crippen molar-refractivity contribution in [3.05, 3.63) is 95.7 Å². The molecule has 0 saturated carbocycles. The zero-order valence-corrected chi connectivity index (χ0v) is 18.3. The van der Waals surface area contributed by atoms with Gasteiger partial charge >= 0.3 is 0 Å². The van der Waals surface area contributed by atoms with Crippen LogP contribution >= 0.6 is 11.8 Å². The van der Waals surface area contributed by atoms with Crippen LogP contribution in [0.1, 0.15) is 39.1 Å². The van der Waals surface area contributed by atoms with E-state index in [2.05, 4.69) is 29.2 Å². The molecule has 2 heterocycles. The fraction of sp³-hybridized carbons (Fsp3) is 0.269. The summed E-state index contributed by atoms with van der Waals surface area (Å²) in [6.45, 7) is 1.52. The second-order valence-electron chi connectivity index (χ2n) is 7.86. The van der Waals surface area contributed by atoms with Crippen molar-refractivity contribution in [2.45, 2.75) is 24.3 Å². The quantitative estimate of drug-likeness (QED) is 0.384. The molecule has 0 radical (unpaired) electrons. The van der Waals surface area contributed by atoms with Crippen LogP contribution in [0.2, 0.25) is 0 Å². The number of rotatable bonds is 7. The highest BCUT2D eigenvalue weighted by atomic mass is 32.2. The Kier molecular flexibility index (Phi) is 7.15. The number of carbonyl (C=O) groups is 2. The van der Waals surface area contributed by atoms with Crippen LogP contribution in [0.15, 0.2) is 84.0 Å². The van der Waals surface area contributed by atoms with Crippen molar-refractivity contribution in [3.8, 4) is 0 Å². The zero-order chi connectivity index (χ0) is 21.5. The first-order chi connectivity index (χ1) is 15.2. The Morgan fingerprint density at radius 2 is 1.58 bits per heavy atom. The maximum absolute atomic E-state index is 13.2. The Hall–Kier alpha value is -2.92. The highest BCUT2D eigenvalue weighted by molar-refractivity contribution is 8.00. The van der Waals surface area contributed by atoms with E-state index in [1.165, 1.54) is 17.3 Å². The molecule has 0 unspecified atom stereocenters. The summed E-state index contributed by atoms with van der Waals surface area (Å²) in [4.78, 5) is 32.0. The van der Waals surface area contributed by atoms with E-state index in [-0.39, 0.29) is 17.4 Å². The fourth-order valence-corrected chi connectivity index (χ4v) is 4.85. The molecular formula is C26H26N2O2S. The molecule has 4 rings (SSSR count). The number of pyridine rings is 1. The van der Waals surface area contributed by atoms with Crippen LogP contribution < -0.4 is 0 Å². The van der Waals surface area contributed by atoms with Crippen molar-refractivity contribution in [2.24, 2.45) is 5.92 Å². The van der Waals surface area contributed by atoms with Gasteiger partial charge in [-0.1, -0.05) is 72.4 Å². The van der Waals surface area contributed by atoms with Crippen LogP contribution in [0.25, 0.3) is 0 Å². The summed E-state index contributed by atoms with van der Waals surface area (Å²) in [6, 6.07) is 23.4. The summed E-state index contributed by atoms with van der Waals surface area (Å²) in [5.41, 5.74) is 2.63. The first-order valence-electron chi connectivity index (χ1n) is 10.7. The topological polar surface area (TPSA) is 50.3 Å². The summed E-state index contributed by atoms with van der Waals surface area (Å²) in [7, 11) is 0. The van der Waals surface area contributed by atoms with Gasteiger partial charge in [-0.25, -0.2) is 4.98 Å². The van der Waals surface area contributed by atoms with Gasteiger partial charge in [-0.15, -0.1) is 0 Å². The second kappa shape index (κ2) is 10.4. The van der Waals surface area contributed by atoms with Crippen molar-refractivity contribution in [3.63, 3.8) is 0 Å². The number of likely N-dealkylation sites (tertiary alicyclic amines) is 1. The molecule has 31 heavy (non-hydrogen) atoms. The van der Waals surface area contributed by atoms with E-state index in [1.54, 1.807) is 12.3 Å². The van der Waals surface area contributed by atoms with E-state index < -0.39 is 0 Å². The lowest BCUT2D eigenvalue weighted by atomic mass is 9.90. The third kappa shape index (κ3) is 5.61. The maximum Gasteiger partial charge on any atom is 0.256 e. The standard InChI is InChI=1S/C26H26N2O2S/c29-24(22-10-5-2-6-11-22)19-31-25-23(12-7-15-27-25)26(30)28-16-13-21(14-17-28)18-20-8-3-1-4-9-20/h1-12,15,21H,13-14,16-19H2. The van der Waals surface area contributed by atoms with Gasteiger partial charge in [0.2, 0.25) is 0 Å². The lowest BCUT2D eigenvalue weighted by Gasteiger charge is -2.32. The maximum atomic E-state index is 13.2. The third-order valence-electron chi connectivity index (χ3n) is 5.71. The number of aromatic nitrogens is 1. The zero-order valence-electron chi connectivity index (χ0n) is 17.4. The number of carbonyl (C=O) groups excluding carboxylic acids is 2. The van der Waals surface area contributed by atoms with Gasteiger partial charge in [-0.05, 0) is 42.9 Å². The summed E-state index contributed by atoms with van der Waals surface area (Å²) < 4.78 is 0. The van der Waals surface area contributed by atoms with Gasteiger partial charge in [0.05, 0.1) is 11.3 Å². The Morgan fingerprint density at radius 3 is 2.29 bits per heavy atom. The minimum Gasteiger partial charge on any atom is -0.339 e. The second-order valence-corrected chi connectivity index (χ2v) is 8.82. The minimum atomic E-state index is 0.0147. The predicted octanol–water partition coefficient (Wildman–Crippen LogP) is 5.15. The average molecular weight is 431 g/mol. The summed E-state index contributed by atoms with van der Waals surface area (Å²) in [6.07, 6.45) is 4.77. The Morgan fingerprint density at radius 1 is 0.903 bits per heavy atom. The van der Waals surface area contributed by atoms with E-state index in [0.717, 1.165) is 32.4 Å². The summed E-state index contributed by atoms with van der Waals surface area (Å²) in [5.74, 6) is 0.926. The number of benzene rings is 2. The largest absolute Gasteiger partial charge is 0.339 e. The van der Waals surface area contributed by atoms with E-state index >= 15 is 0 Å². The molecule has 1 amide bonds. The van der Waals surface area contributed by atoms with Gasteiger partial charge in [0, 0.05) is 24.8 Å². The van der Waals surface area contributed by atoms with Crippen LogP contribution in [0, 0.1) is 5.92 Å². The van der Waals surface area contributed by atoms with Crippen LogP contribution in [0.3, 0.4) is 0 Å². The highest BCUT2D eigenvalue weighted by Crippen LogP contribution is 2.26. The van der Waals surface area contributed by atoms with E-state index in [1.807, 2.05) is 47.4 Å². The van der Waals surface area contributed by atoms with E-state index in [9.17, 15) is 9.59 Å². The number of piperidine rings is 1. The predicted molar refractivity (Wildman–Crippen MR) is 125 cm³/mol. The molecule has 1 aliphatic heterocycles. The molecular weight excluding hydrogens is 404 g/mol. The Bertz CT molecular complexity index is 1020. The van der Waals surface area contributed by atoms with Gasteiger partial charge in [0.15, 0.2) is 5.78 Å². The molecule has 0 atom stereocenters. The lowest BCUT2D eigenvalue weighted by Crippen LogP contribution is -2.39. The number of amides is 1. The van der Waals surface area contributed by atoms with Crippen LogP contribution in [-0.2, 0) is 6.42 Å². The number of hydrogen-bond donors (Lipinski definition) is 0. The highest BCUT2D eigenvalue weighted by Gasteiger charge is 2.25. The molecule has 5 heteroatoms. The van der Waals surface area contributed by atoms with Gasteiger partial charge in [0.25, 0.3) is 5.91 Å². The fourth-order valence-electron chi connectivity index (χ4n) is 3.97. The smallest absolute Gasteiger partial charge is 0.256 e. The summed E-state index contributed by atoms with van der Waals surface area (Å²) in [5, 5.41) is 0.628. The van der Waals surface area contributed by atoms with E-state index in [0.29, 0.717) is 22.1 Å². The van der Waals surface area contributed by atoms with Crippen LogP contribution in [0.5, 0.6) is 0 Å². The van der Waals surface area contributed by atoms with Gasteiger partial charge < -0.3 is 4.90 Å². The molecule has 1 saturated heterocycles. The van der Waals surface area contributed by atoms with E-state index in [4.69, 9.17) is 0 Å². The van der Waals surface area contributed by atoms with Crippen molar-refractivity contribution < 1.29 is 9.59 Å². The molecule has 3 aromatic rings. The number of nitrogens with zero attached hydrogens (tertiary/aromatic N) is 2. The van der Waals surface area contributed by atoms with Crippen molar-refractivity contribution >= 4 is 23.5 Å². The van der Waals surface area contributed by atoms with Gasteiger partial charge in [-0.3, -0.25) is 9.59 Å². The molecule has 0 spiro atoms. The molecule has 2 aromatic carbocycles. The Balaban J connectivity index is 1.35. The number of thioether (sulfide) groups is 1. The molecule has 0 aliphatic carbocycles. The van der Waals surface area contributed by atoms with Crippen molar-refractivity contribution in [1.82, 2.24) is 9.88 Å². The molecule has 0 N–H and O–H groups in total. The molecule has 158 valence electrons. The molecule has 0 bridgehead atoms. The first kappa shape index (κ1) is 21.3. The minimum absolute atomic E-state index is 0.0147. The number of ketones is 1. The first-order valence-corrected chi connectivity index (χ1v) is 11.7. The SMILES string of the molecule is O=C(CSc1ncccc1C(=O)N1CCC(Cc2ccccc2)CC1)c1ccccc1. The third-order valence-corrected chi connectivity index (χ3v) is 6.71. The number of hydrogen-bond acceptors (Lipinski definition) is 4. The van der Waals surface area contributed by atoms with Crippen LogP contribution in [-0.4, -0.2) is 40.4 Å². The molecule has 1 aromatic heterocycles. The van der Waals surface area contributed by atoms with Gasteiger partial charge in [-0.2, -0.15) is 0 Å². The Labute approximate surface area is 187 Å². The normalized spacial score (nSPS) is 14.4. The average Bonchev–Trinajstić information content (AvgIpc) is 2.84. The summed E-state index contributed by atoms with van der Waals surface area (Å²) >= 11 is 1.34. The van der Waals surface area contributed by atoms with Crippen molar-refractivity contribution in [2.75, 3.05) is 18.8 Å². The van der Waals surface area contributed by atoms with Crippen LogP contribution in [0.4, 0.5) is 0 Å². The lowest BCUT2D eigenvalue weighted by molar-refractivity contribution is 0.0686. The van der Waals surface area contributed by atoms with Gasteiger partial charge in [0.1, 0.15) is 5.03 Å². The number of Topliss-reactive ketones (excluding diaryl/α,β-unsaturated/α-hetero) is 1. The molecule has 4 nitrogen and oxygen atoms in total.